The van der Waals surface area contributed by atoms with Crippen molar-refractivity contribution in [3.8, 4) is 0 Å². The van der Waals surface area contributed by atoms with Crippen molar-refractivity contribution in [3.63, 3.8) is 0 Å². The van der Waals surface area contributed by atoms with Crippen molar-refractivity contribution in [3.05, 3.63) is 47.5 Å². The van der Waals surface area contributed by atoms with Crippen LogP contribution in [0.5, 0.6) is 0 Å². The molecular formula is C13H15FN4O. The summed E-state index contributed by atoms with van der Waals surface area (Å²) in [7, 11) is 1.83. The molecule has 1 heterocycles. The van der Waals surface area contributed by atoms with Gasteiger partial charge >= 0.3 is 0 Å². The van der Waals surface area contributed by atoms with Gasteiger partial charge in [0, 0.05) is 31.8 Å². The zero-order chi connectivity index (χ0) is 13.8. The van der Waals surface area contributed by atoms with Crippen molar-refractivity contribution in [2.75, 3.05) is 12.3 Å². The van der Waals surface area contributed by atoms with Gasteiger partial charge in [0.25, 0.3) is 5.91 Å². The molecule has 0 saturated carbocycles. The van der Waals surface area contributed by atoms with Crippen LogP contribution in [0.3, 0.4) is 0 Å². The van der Waals surface area contributed by atoms with Crippen LogP contribution in [0.2, 0.25) is 0 Å². The molecule has 0 spiro atoms. The van der Waals surface area contributed by atoms with Gasteiger partial charge < -0.3 is 11.1 Å². The standard InChI is InChI=1S/C13H15FN4O/c1-18-7-5-10(17-18)4-6-16-13(19)9-2-3-12(15)11(14)8-9/h2-3,5,7-8H,4,6,15H2,1H3,(H,16,19). The lowest BCUT2D eigenvalue weighted by molar-refractivity contribution is 0.0953. The summed E-state index contributed by atoms with van der Waals surface area (Å²) in [5.41, 5.74) is 6.53. The van der Waals surface area contributed by atoms with E-state index in [0.29, 0.717) is 13.0 Å². The number of hydrogen-bond donors (Lipinski definition) is 2. The van der Waals surface area contributed by atoms with Gasteiger partial charge in [0.2, 0.25) is 0 Å². The Kier molecular flexibility index (Phi) is 3.79. The summed E-state index contributed by atoms with van der Waals surface area (Å²) >= 11 is 0. The van der Waals surface area contributed by atoms with E-state index in [2.05, 4.69) is 10.4 Å². The molecule has 0 aliphatic carbocycles. The average Bonchev–Trinajstić information content (AvgIpc) is 2.78. The fourth-order valence-corrected chi connectivity index (χ4v) is 1.67. The van der Waals surface area contributed by atoms with Crippen LogP contribution < -0.4 is 11.1 Å². The van der Waals surface area contributed by atoms with Crippen LogP contribution in [-0.4, -0.2) is 22.2 Å². The molecule has 0 aliphatic heterocycles. The van der Waals surface area contributed by atoms with Crippen molar-refractivity contribution < 1.29 is 9.18 Å². The molecule has 100 valence electrons. The molecule has 2 aromatic rings. The van der Waals surface area contributed by atoms with Gasteiger partial charge in [-0.05, 0) is 24.3 Å². The van der Waals surface area contributed by atoms with E-state index in [1.807, 2.05) is 19.3 Å². The molecular weight excluding hydrogens is 247 g/mol. The van der Waals surface area contributed by atoms with Gasteiger partial charge in [-0.3, -0.25) is 9.48 Å². The molecule has 1 aromatic carbocycles. The summed E-state index contributed by atoms with van der Waals surface area (Å²) in [6, 6.07) is 5.89. The monoisotopic (exact) mass is 262 g/mol. The number of nitrogens with two attached hydrogens (primary N) is 1. The molecule has 0 aliphatic rings. The maximum atomic E-state index is 13.2. The predicted molar refractivity (Wildman–Crippen MR) is 70.1 cm³/mol. The smallest absolute Gasteiger partial charge is 0.251 e. The topological polar surface area (TPSA) is 72.9 Å². The van der Waals surface area contributed by atoms with Gasteiger partial charge in [0.05, 0.1) is 11.4 Å². The number of anilines is 1. The lowest BCUT2D eigenvalue weighted by atomic mass is 10.2. The number of hydrogen-bond acceptors (Lipinski definition) is 3. The van der Waals surface area contributed by atoms with Crippen molar-refractivity contribution in [1.82, 2.24) is 15.1 Å². The Labute approximate surface area is 110 Å². The van der Waals surface area contributed by atoms with Crippen molar-refractivity contribution >= 4 is 11.6 Å². The highest BCUT2D eigenvalue weighted by atomic mass is 19.1. The van der Waals surface area contributed by atoms with E-state index in [9.17, 15) is 9.18 Å². The van der Waals surface area contributed by atoms with E-state index < -0.39 is 5.82 Å². The van der Waals surface area contributed by atoms with Gasteiger partial charge in [0.1, 0.15) is 5.82 Å². The summed E-state index contributed by atoms with van der Waals surface area (Å²) in [5, 5.41) is 6.90. The van der Waals surface area contributed by atoms with Gasteiger partial charge in [-0.2, -0.15) is 5.10 Å². The van der Waals surface area contributed by atoms with E-state index >= 15 is 0 Å². The van der Waals surface area contributed by atoms with Crippen molar-refractivity contribution in [1.29, 1.82) is 0 Å². The Bertz CT molecular complexity index is 594. The third-order valence-electron chi connectivity index (χ3n) is 2.70. The Hall–Kier alpha value is -2.37. The van der Waals surface area contributed by atoms with Gasteiger partial charge in [0.15, 0.2) is 0 Å². The number of halogens is 1. The number of carbonyl (C=O) groups excluding carboxylic acids is 1. The number of benzene rings is 1. The quantitative estimate of drug-likeness (QED) is 0.811. The van der Waals surface area contributed by atoms with Gasteiger partial charge in [-0.15, -0.1) is 0 Å². The molecule has 0 bridgehead atoms. The average molecular weight is 262 g/mol. The van der Waals surface area contributed by atoms with E-state index in [0.717, 1.165) is 11.8 Å². The largest absolute Gasteiger partial charge is 0.396 e. The Balaban J connectivity index is 1.89. The number of nitrogens with zero attached hydrogens (tertiary/aromatic N) is 2. The minimum absolute atomic E-state index is 0.0324. The lowest BCUT2D eigenvalue weighted by Gasteiger charge is -2.05. The minimum atomic E-state index is -0.586. The van der Waals surface area contributed by atoms with E-state index in [-0.39, 0.29) is 17.2 Å². The highest BCUT2D eigenvalue weighted by molar-refractivity contribution is 5.94. The highest BCUT2D eigenvalue weighted by Crippen LogP contribution is 2.11. The first kappa shape index (κ1) is 13.1. The van der Waals surface area contributed by atoms with Crippen molar-refractivity contribution in [2.24, 2.45) is 7.05 Å². The zero-order valence-corrected chi connectivity index (χ0v) is 10.6. The first-order valence-electron chi connectivity index (χ1n) is 5.88. The SMILES string of the molecule is Cn1ccc(CCNC(=O)c2ccc(N)c(F)c2)n1. The summed E-state index contributed by atoms with van der Waals surface area (Å²) in [5.74, 6) is -0.910. The molecule has 2 rings (SSSR count). The summed E-state index contributed by atoms with van der Waals surface area (Å²) in [4.78, 5) is 11.8. The van der Waals surface area contributed by atoms with Gasteiger partial charge in [-0.1, -0.05) is 0 Å². The van der Waals surface area contributed by atoms with Crippen LogP contribution >= 0.6 is 0 Å². The maximum Gasteiger partial charge on any atom is 0.251 e. The Morgan fingerprint density at radius 2 is 2.26 bits per heavy atom. The zero-order valence-electron chi connectivity index (χ0n) is 10.6. The lowest BCUT2D eigenvalue weighted by Crippen LogP contribution is -2.26. The Morgan fingerprint density at radius 3 is 2.89 bits per heavy atom. The first-order chi connectivity index (χ1) is 9.06. The van der Waals surface area contributed by atoms with Crippen molar-refractivity contribution in [2.45, 2.75) is 6.42 Å². The fraction of sp³-hybridized carbons (Fsp3) is 0.231. The number of nitrogen functional groups attached to an aromatic ring is 1. The highest BCUT2D eigenvalue weighted by Gasteiger charge is 2.08. The Morgan fingerprint density at radius 1 is 1.47 bits per heavy atom. The minimum Gasteiger partial charge on any atom is -0.396 e. The molecule has 5 nitrogen and oxygen atoms in total. The van der Waals surface area contributed by atoms with Crippen LogP contribution in [0.1, 0.15) is 16.1 Å². The van der Waals surface area contributed by atoms with Gasteiger partial charge in [-0.25, -0.2) is 4.39 Å². The molecule has 0 unspecified atom stereocenters. The second-order valence-electron chi connectivity index (χ2n) is 4.22. The third kappa shape index (κ3) is 3.31. The molecule has 6 heteroatoms. The molecule has 0 saturated heterocycles. The molecule has 1 aromatic heterocycles. The van der Waals surface area contributed by atoms with Crippen LogP contribution in [0.15, 0.2) is 30.5 Å². The number of carbonyl (C=O) groups is 1. The number of rotatable bonds is 4. The molecule has 3 N–H and O–H groups in total. The number of nitrogens with one attached hydrogen (secondary N) is 1. The van der Waals surface area contributed by atoms with Crippen LogP contribution in [0.4, 0.5) is 10.1 Å². The number of aromatic nitrogens is 2. The molecule has 0 fully saturated rings. The van der Waals surface area contributed by atoms with Crippen LogP contribution in [-0.2, 0) is 13.5 Å². The van der Waals surface area contributed by atoms with Crippen LogP contribution in [0.25, 0.3) is 0 Å². The summed E-state index contributed by atoms with van der Waals surface area (Å²) in [6.45, 7) is 0.446. The summed E-state index contributed by atoms with van der Waals surface area (Å²) < 4.78 is 14.9. The number of amides is 1. The normalized spacial score (nSPS) is 10.4. The number of aryl methyl sites for hydroxylation is 1. The predicted octanol–water partition coefficient (Wildman–Crippen LogP) is 1.11. The molecule has 0 radical (unpaired) electrons. The second-order valence-corrected chi connectivity index (χ2v) is 4.22. The fourth-order valence-electron chi connectivity index (χ4n) is 1.67. The van der Waals surface area contributed by atoms with E-state index in [1.165, 1.54) is 12.1 Å². The molecule has 1 amide bonds. The first-order valence-corrected chi connectivity index (χ1v) is 5.88. The maximum absolute atomic E-state index is 13.2. The third-order valence-corrected chi connectivity index (χ3v) is 2.70. The van der Waals surface area contributed by atoms with Crippen LogP contribution in [0, 0.1) is 5.82 Å². The second kappa shape index (κ2) is 5.51. The van der Waals surface area contributed by atoms with E-state index in [4.69, 9.17) is 5.73 Å². The van der Waals surface area contributed by atoms with E-state index in [1.54, 1.807) is 4.68 Å². The molecule has 0 atom stereocenters. The molecule has 19 heavy (non-hydrogen) atoms. The summed E-state index contributed by atoms with van der Waals surface area (Å²) in [6.07, 6.45) is 2.47.